The molecule has 0 amide bonds. The van der Waals surface area contributed by atoms with Gasteiger partial charge in [-0.3, -0.25) is 0 Å². The first kappa shape index (κ1) is 14.0. The maximum Gasteiger partial charge on any atom is 0.0845 e. The van der Waals surface area contributed by atoms with Crippen molar-refractivity contribution in [1.29, 1.82) is 0 Å². The van der Waals surface area contributed by atoms with Crippen LogP contribution in [-0.4, -0.2) is 6.61 Å². The largest absolute Gasteiger partial charge is 0.502 e. The molecule has 0 saturated heterocycles. The van der Waals surface area contributed by atoms with Crippen LogP contribution in [0.25, 0.3) is 11.1 Å². The molecule has 0 spiro atoms. The van der Waals surface area contributed by atoms with E-state index in [2.05, 4.69) is 48.5 Å². The van der Waals surface area contributed by atoms with Crippen molar-refractivity contribution in [2.24, 2.45) is 0 Å². The van der Waals surface area contributed by atoms with Crippen molar-refractivity contribution in [3.63, 3.8) is 0 Å². The summed E-state index contributed by atoms with van der Waals surface area (Å²) in [6.45, 7) is 4.65. The van der Waals surface area contributed by atoms with Crippen LogP contribution in [0, 0.1) is 0 Å². The number of hydrogen-bond acceptors (Lipinski definition) is 1. The molecule has 0 aliphatic rings. The number of benzene rings is 2. The second kappa shape index (κ2) is 9.06. The van der Waals surface area contributed by atoms with E-state index in [0.29, 0.717) is 0 Å². The predicted octanol–water partition coefficient (Wildman–Crippen LogP) is 4.91. The van der Waals surface area contributed by atoms with Gasteiger partial charge in [-0.2, -0.15) is 0 Å². The van der Waals surface area contributed by atoms with E-state index in [1.807, 2.05) is 32.1 Å². The minimum atomic E-state index is 0.768. The Balaban J connectivity index is 0.000000232. The Morgan fingerprint density at radius 1 is 0.833 bits per heavy atom. The van der Waals surface area contributed by atoms with E-state index in [1.165, 1.54) is 11.1 Å². The first-order valence-electron chi connectivity index (χ1n) is 6.21. The molecule has 18 heavy (non-hydrogen) atoms. The molecule has 0 saturated carbocycles. The fraction of sp³-hybridized carbons (Fsp3) is 0.176. The van der Waals surface area contributed by atoms with Gasteiger partial charge in [-0.1, -0.05) is 66.7 Å². The fourth-order valence-electron chi connectivity index (χ4n) is 1.45. The molecule has 1 nitrogen and oxygen atoms in total. The molecule has 2 rings (SSSR count). The second-order valence-corrected chi connectivity index (χ2v) is 3.66. The van der Waals surface area contributed by atoms with Gasteiger partial charge in [-0.15, -0.1) is 0 Å². The summed E-state index contributed by atoms with van der Waals surface area (Å²) >= 11 is 0. The monoisotopic (exact) mass is 240 g/mol. The van der Waals surface area contributed by atoms with Crippen LogP contribution in [0.15, 0.2) is 73.0 Å². The van der Waals surface area contributed by atoms with Crippen molar-refractivity contribution < 1.29 is 4.74 Å². The van der Waals surface area contributed by atoms with Crippen LogP contribution in [0.1, 0.15) is 13.8 Å². The third-order valence-electron chi connectivity index (χ3n) is 2.28. The van der Waals surface area contributed by atoms with Gasteiger partial charge in [0.1, 0.15) is 0 Å². The molecule has 0 aromatic heterocycles. The summed E-state index contributed by atoms with van der Waals surface area (Å²) in [5.74, 6) is 0. The van der Waals surface area contributed by atoms with E-state index in [0.717, 1.165) is 6.61 Å². The van der Waals surface area contributed by atoms with Crippen molar-refractivity contribution in [3.8, 4) is 11.1 Å². The van der Waals surface area contributed by atoms with Gasteiger partial charge in [-0.25, -0.2) is 0 Å². The Hall–Kier alpha value is -2.02. The zero-order valence-corrected chi connectivity index (χ0v) is 11.0. The Kier molecular flexibility index (Phi) is 7.07. The summed E-state index contributed by atoms with van der Waals surface area (Å²) in [4.78, 5) is 0. The molecular weight excluding hydrogens is 220 g/mol. The normalized spacial score (nSPS) is 9.67. The van der Waals surface area contributed by atoms with Crippen LogP contribution in [0.5, 0.6) is 0 Å². The third kappa shape index (κ3) is 5.35. The Morgan fingerprint density at radius 2 is 1.28 bits per heavy atom. The molecule has 1 heteroatoms. The highest BCUT2D eigenvalue weighted by molar-refractivity contribution is 5.62. The zero-order valence-electron chi connectivity index (χ0n) is 11.0. The number of hydrogen-bond donors (Lipinski definition) is 0. The standard InChI is InChI=1S/C12H10.C5H10O/c1-3-7-11(8-4-1)12-9-5-2-6-10-12;1-3-5-6-4-2/h1-10H;3,5H,4H2,1-2H3. The maximum absolute atomic E-state index is 4.80. The average Bonchev–Trinajstić information content (AvgIpc) is 2.48. The van der Waals surface area contributed by atoms with Crippen LogP contribution < -0.4 is 0 Å². The van der Waals surface area contributed by atoms with Crippen LogP contribution in [-0.2, 0) is 4.74 Å². The molecule has 2 aromatic rings. The van der Waals surface area contributed by atoms with Gasteiger partial charge in [0.25, 0.3) is 0 Å². The molecule has 0 aliphatic carbocycles. The van der Waals surface area contributed by atoms with Crippen molar-refractivity contribution in [1.82, 2.24) is 0 Å². The smallest absolute Gasteiger partial charge is 0.0845 e. The third-order valence-corrected chi connectivity index (χ3v) is 2.28. The molecule has 0 unspecified atom stereocenters. The summed E-state index contributed by atoms with van der Waals surface area (Å²) in [6, 6.07) is 20.8. The number of allylic oxidation sites excluding steroid dienone is 1. The lowest BCUT2D eigenvalue weighted by Gasteiger charge is -1.98. The average molecular weight is 240 g/mol. The van der Waals surface area contributed by atoms with Crippen LogP contribution in [0.4, 0.5) is 0 Å². The highest BCUT2D eigenvalue weighted by Crippen LogP contribution is 2.17. The van der Waals surface area contributed by atoms with Crippen LogP contribution >= 0.6 is 0 Å². The van der Waals surface area contributed by atoms with Gasteiger partial charge in [-0.05, 0) is 25.0 Å². The van der Waals surface area contributed by atoms with E-state index < -0.39 is 0 Å². The first-order valence-corrected chi connectivity index (χ1v) is 6.21. The molecule has 0 bridgehead atoms. The highest BCUT2D eigenvalue weighted by Gasteiger charge is 1.91. The van der Waals surface area contributed by atoms with Gasteiger partial charge in [0.05, 0.1) is 12.9 Å². The summed E-state index contributed by atoms with van der Waals surface area (Å²) in [6.07, 6.45) is 3.55. The van der Waals surface area contributed by atoms with E-state index in [1.54, 1.807) is 6.26 Å². The molecule has 0 atom stereocenters. The van der Waals surface area contributed by atoms with Gasteiger partial charge < -0.3 is 4.74 Å². The van der Waals surface area contributed by atoms with Crippen molar-refractivity contribution in [2.45, 2.75) is 13.8 Å². The number of ether oxygens (including phenoxy) is 1. The summed E-state index contributed by atoms with van der Waals surface area (Å²) in [5.41, 5.74) is 2.55. The summed E-state index contributed by atoms with van der Waals surface area (Å²) in [5, 5.41) is 0. The molecule has 0 fully saturated rings. The second-order valence-electron chi connectivity index (χ2n) is 3.66. The maximum atomic E-state index is 4.80. The van der Waals surface area contributed by atoms with Gasteiger partial charge >= 0.3 is 0 Å². The van der Waals surface area contributed by atoms with Crippen molar-refractivity contribution in [3.05, 3.63) is 73.0 Å². The molecule has 2 aromatic carbocycles. The SMILES string of the molecule is CC=COCC.c1ccc(-c2ccccc2)cc1. The van der Waals surface area contributed by atoms with E-state index in [9.17, 15) is 0 Å². The Labute approximate surface area is 110 Å². The molecule has 94 valence electrons. The molecule has 0 radical (unpaired) electrons. The molecule has 0 heterocycles. The lowest BCUT2D eigenvalue weighted by atomic mass is 10.1. The predicted molar refractivity (Wildman–Crippen MR) is 78.3 cm³/mol. The van der Waals surface area contributed by atoms with E-state index in [-0.39, 0.29) is 0 Å². The fourth-order valence-corrected chi connectivity index (χ4v) is 1.45. The minimum Gasteiger partial charge on any atom is -0.502 e. The zero-order chi connectivity index (χ0) is 13.1. The van der Waals surface area contributed by atoms with Gasteiger partial charge in [0.2, 0.25) is 0 Å². The van der Waals surface area contributed by atoms with Crippen molar-refractivity contribution >= 4 is 0 Å². The van der Waals surface area contributed by atoms with Crippen LogP contribution in [0.3, 0.4) is 0 Å². The minimum absolute atomic E-state index is 0.768. The quantitative estimate of drug-likeness (QED) is 0.693. The lowest BCUT2D eigenvalue weighted by molar-refractivity contribution is 0.269. The van der Waals surface area contributed by atoms with E-state index in [4.69, 9.17) is 4.74 Å². The number of rotatable bonds is 3. The topological polar surface area (TPSA) is 9.23 Å². The van der Waals surface area contributed by atoms with E-state index >= 15 is 0 Å². The Bertz CT molecular complexity index is 394. The molecule has 0 N–H and O–H groups in total. The summed E-state index contributed by atoms with van der Waals surface area (Å²) < 4.78 is 4.80. The molecule has 0 aliphatic heterocycles. The highest BCUT2D eigenvalue weighted by atomic mass is 16.5. The van der Waals surface area contributed by atoms with Crippen LogP contribution in [0.2, 0.25) is 0 Å². The first-order chi connectivity index (χ1) is 8.88. The van der Waals surface area contributed by atoms with Gasteiger partial charge in [0, 0.05) is 0 Å². The Morgan fingerprint density at radius 3 is 1.56 bits per heavy atom. The van der Waals surface area contributed by atoms with Gasteiger partial charge in [0.15, 0.2) is 0 Å². The summed E-state index contributed by atoms with van der Waals surface area (Å²) in [7, 11) is 0. The van der Waals surface area contributed by atoms with Crippen molar-refractivity contribution in [2.75, 3.05) is 6.61 Å². The molecular formula is C17H20O. The lowest BCUT2D eigenvalue weighted by Crippen LogP contribution is -1.73.